The van der Waals surface area contributed by atoms with Gasteiger partial charge in [0.05, 0.1) is 17.0 Å². The zero-order valence-corrected chi connectivity index (χ0v) is 22.4. The van der Waals surface area contributed by atoms with Crippen molar-refractivity contribution >= 4 is 51.6 Å². The second-order valence-electron chi connectivity index (χ2n) is 9.69. The summed E-state index contributed by atoms with van der Waals surface area (Å²) in [6.07, 6.45) is -0.00424. The molecule has 0 bridgehead atoms. The number of thioether (sulfide) groups is 1. The molecule has 0 saturated carbocycles. The van der Waals surface area contributed by atoms with E-state index in [1.165, 1.54) is 23.9 Å². The highest BCUT2D eigenvalue weighted by molar-refractivity contribution is 8.13. The normalized spacial score (nSPS) is 18.1. The van der Waals surface area contributed by atoms with E-state index in [2.05, 4.69) is 22.0 Å². The summed E-state index contributed by atoms with van der Waals surface area (Å²) in [6.45, 7) is 2.60. The van der Waals surface area contributed by atoms with Crippen molar-refractivity contribution in [3.05, 3.63) is 100 Å². The molecule has 40 heavy (non-hydrogen) atoms. The van der Waals surface area contributed by atoms with Crippen LogP contribution >= 0.6 is 11.8 Å². The third kappa shape index (κ3) is 5.07. The average molecular weight is 555 g/mol. The monoisotopic (exact) mass is 554 g/mol. The van der Waals surface area contributed by atoms with E-state index in [-0.39, 0.29) is 23.9 Å². The number of para-hydroxylation sites is 2. The van der Waals surface area contributed by atoms with Gasteiger partial charge in [0.25, 0.3) is 11.6 Å². The summed E-state index contributed by atoms with van der Waals surface area (Å²) in [6, 6.07) is 23.2. The maximum absolute atomic E-state index is 13.4. The van der Waals surface area contributed by atoms with Gasteiger partial charge >= 0.3 is 0 Å². The summed E-state index contributed by atoms with van der Waals surface area (Å²) in [5, 5.41) is 11.8. The first-order chi connectivity index (χ1) is 19.5. The number of piperazine rings is 1. The highest BCUT2D eigenvalue weighted by Crippen LogP contribution is 2.36. The van der Waals surface area contributed by atoms with Crippen LogP contribution in [0.25, 0.3) is 0 Å². The number of amidine groups is 2. The van der Waals surface area contributed by atoms with Gasteiger partial charge in [0, 0.05) is 55.3 Å². The standard InChI is InChI=1S/C29H26N6O4S/c36-26(33-15-13-32(14-16-33)21-8-2-1-3-9-21)18-25-28(37)31-27-23-11-4-5-12-24(23)30-29(34(25)27)40-19-20-7-6-10-22(17-20)35(38)39/h1-12,17,25H,13-16,18-19H2. The van der Waals surface area contributed by atoms with Crippen LogP contribution in [-0.2, 0) is 15.3 Å². The Morgan fingerprint density at radius 3 is 2.48 bits per heavy atom. The molecule has 3 aliphatic heterocycles. The minimum atomic E-state index is -0.792. The zero-order valence-electron chi connectivity index (χ0n) is 21.6. The second-order valence-corrected chi connectivity index (χ2v) is 10.6. The summed E-state index contributed by atoms with van der Waals surface area (Å²) >= 11 is 1.37. The van der Waals surface area contributed by atoms with Crippen LogP contribution in [0.4, 0.5) is 17.1 Å². The Hall–Kier alpha value is -4.51. The number of non-ortho nitro benzene ring substituents is 1. The molecule has 0 N–H and O–H groups in total. The summed E-state index contributed by atoms with van der Waals surface area (Å²) in [5.41, 5.74) is 3.34. The topological polar surface area (TPSA) is 112 Å². The van der Waals surface area contributed by atoms with Crippen molar-refractivity contribution in [2.75, 3.05) is 31.1 Å². The fourth-order valence-electron chi connectivity index (χ4n) is 5.16. The maximum Gasteiger partial charge on any atom is 0.271 e. The molecule has 11 heteroatoms. The predicted octanol–water partition coefficient (Wildman–Crippen LogP) is 4.23. The van der Waals surface area contributed by atoms with Crippen LogP contribution in [0, 0.1) is 10.1 Å². The van der Waals surface area contributed by atoms with Crippen molar-refractivity contribution in [2.45, 2.75) is 18.2 Å². The summed E-state index contributed by atoms with van der Waals surface area (Å²) in [5.74, 6) is 0.433. The Kier molecular flexibility index (Phi) is 7.04. The van der Waals surface area contributed by atoms with Crippen molar-refractivity contribution in [3.63, 3.8) is 0 Å². The van der Waals surface area contributed by atoms with E-state index in [0.29, 0.717) is 35.5 Å². The minimum Gasteiger partial charge on any atom is -0.368 e. The first-order valence-corrected chi connectivity index (χ1v) is 14.0. The van der Waals surface area contributed by atoms with Crippen molar-refractivity contribution in [1.29, 1.82) is 0 Å². The molecule has 202 valence electrons. The molecule has 3 aliphatic rings. The van der Waals surface area contributed by atoms with Crippen LogP contribution in [0.2, 0.25) is 0 Å². The molecule has 2 amide bonds. The van der Waals surface area contributed by atoms with Crippen LogP contribution in [-0.4, -0.2) is 69.8 Å². The lowest BCUT2D eigenvalue weighted by Gasteiger charge is -2.37. The fraction of sp³-hybridized carbons (Fsp3) is 0.241. The molecule has 3 aromatic rings. The predicted molar refractivity (Wildman–Crippen MR) is 155 cm³/mol. The number of aliphatic imine (C=N–C) groups is 2. The number of nitro benzene ring substituents is 1. The van der Waals surface area contributed by atoms with E-state index in [0.717, 1.165) is 29.9 Å². The SMILES string of the molecule is O=C1N=C2c3ccccc3N=C(SCc3cccc([N+](=O)[O-])c3)N2C1CC(=O)N1CCN(c2ccccc2)CC1. The van der Waals surface area contributed by atoms with Crippen LogP contribution < -0.4 is 4.90 Å². The molecule has 10 nitrogen and oxygen atoms in total. The second kappa shape index (κ2) is 10.9. The number of nitrogens with zero attached hydrogens (tertiary/aromatic N) is 6. The number of carbonyl (C=O) groups excluding carboxylic acids is 2. The van der Waals surface area contributed by atoms with Gasteiger partial charge in [0.2, 0.25) is 5.91 Å². The quantitative estimate of drug-likeness (QED) is 0.331. The molecule has 1 fully saturated rings. The third-order valence-electron chi connectivity index (χ3n) is 7.22. The van der Waals surface area contributed by atoms with E-state index in [4.69, 9.17) is 4.99 Å². The highest BCUT2D eigenvalue weighted by atomic mass is 32.2. The van der Waals surface area contributed by atoms with Crippen LogP contribution in [0.1, 0.15) is 17.5 Å². The number of nitro groups is 1. The molecule has 0 spiro atoms. The summed E-state index contributed by atoms with van der Waals surface area (Å²) in [4.78, 5) is 52.4. The summed E-state index contributed by atoms with van der Waals surface area (Å²) in [7, 11) is 0. The molecule has 0 radical (unpaired) electrons. The van der Waals surface area contributed by atoms with Gasteiger partial charge in [0.1, 0.15) is 11.9 Å². The molecule has 3 heterocycles. The lowest BCUT2D eigenvalue weighted by Crippen LogP contribution is -2.51. The molecule has 1 saturated heterocycles. The van der Waals surface area contributed by atoms with Crippen molar-refractivity contribution < 1.29 is 14.5 Å². The van der Waals surface area contributed by atoms with Gasteiger partial charge in [-0.2, -0.15) is 4.99 Å². The Morgan fingerprint density at radius 1 is 0.950 bits per heavy atom. The number of carbonyl (C=O) groups is 2. The van der Waals surface area contributed by atoms with E-state index in [1.807, 2.05) is 53.4 Å². The van der Waals surface area contributed by atoms with E-state index in [1.54, 1.807) is 11.0 Å². The first-order valence-electron chi connectivity index (χ1n) is 13.0. The number of benzene rings is 3. The maximum atomic E-state index is 13.4. The van der Waals surface area contributed by atoms with Gasteiger partial charge in [-0.05, 0) is 29.8 Å². The number of fused-ring (bicyclic) bond motifs is 3. The largest absolute Gasteiger partial charge is 0.368 e. The van der Waals surface area contributed by atoms with Gasteiger partial charge in [-0.15, -0.1) is 0 Å². The molecule has 6 rings (SSSR count). The van der Waals surface area contributed by atoms with Crippen LogP contribution in [0.15, 0.2) is 88.8 Å². The van der Waals surface area contributed by atoms with Crippen molar-refractivity contribution in [2.24, 2.45) is 9.98 Å². The molecular formula is C29H26N6O4S. The molecular weight excluding hydrogens is 528 g/mol. The minimum absolute atomic E-state index is 0.00424. The number of amides is 2. The van der Waals surface area contributed by atoms with E-state index in [9.17, 15) is 19.7 Å². The molecule has 0 aromatic heterocycles. The van der Waals surface area contributed by atoms with Gasteiger partial charge < -0.3 is 9.80 Å². The Labute approximate surface area is 235 Å². The van der Waals surface area contributed by atoms with E-state index < -0.39 is 11.0 Å². The van der Waals surface area contributed by atoms with E-state index >= 15 is 0 Å². The number of hydrogen-bond acceptors (Lipinski definition) is 8. The Bertz CT molecular complexity index is 1530. The van der Waals surface area contributed by atoms with Gasteiger partial charge in [-0.1, -0.05) is 54.2 Å². The number of rotatable bonds is 6. The number of hydrogen-bond donors (Lipinski definition) is 0. The smallest absolute Gasteiger partial charge is 0.271 e. The molecule has 0 aliphatic carbocycles. The average Bonchev–Trinajstić information content (AvgIpc) is 3.32. The van der Waals surface area contributed by atoms with Crippen molar-refractivity contribution in [1.82, 2.24) is 9.80 Å². The molecule has 1 unspecified atom stereocenters. The Morgan fingerprint density at radius 2 is 1.70 bits per heavy atom. The Balaban J connectivity index is 1.19. The zero-order chi connectivity index (χ0) is 27.6. The lowest BCUT2D eigenvalue weighted by molar-refractivity contribution is -0.384. The summed E-state index contributed by atoms with van der Waals surface area (Å²) < 4.78 is 0. The lowest BCUT2D eigenvalue weighted by atomic mass is 10.1. The van der Waals surface area contributed by atoms with Crippen LogP contribution in [0.5, 0.6) is 0 Å². The fourth-order valence-corrected chi connectivity index (χ4v) is 6.15. The highest BCUT2D eigenvalue weighted by Gasteiger charge is 2.43. The van der Waals surface area contributed by atoms with Gasteiger partial charge in [0.15, 0.2) is 5.17 Å². The molecule has 1 atom stereocenters. The third-order valence-corrected chi connectivity index (χ3v) is 8.24. The van der Waals surface area contributed by atoms with Gasteiger partial charge in [-0.3, -0.25) is 24.6 Å². The molecule has 3 aromatic carbocycles. The van der Waals surface area contributed by atoms with Crippen molar-refractivity contribution in [3.8, 4) is 0 Å². The van der Waals surface area contributed by atoms with Crippen LogP contribution in [0.3, 0.4) is 0 Å². The first kappa shape index (κ1) is 25.8. The number of anilines is 1. The van der Waals surface area contributed by atoms with Gasteiger partial charge in [-0.25, -0.2) is 4.99 Å².